The molecule has 1 fully saturated rings. The van der Waals surface area contributed by atoms with Crippen molar-refractivity contribution in [1.29, 1.82) is 0 Å². The molecule has 8 nitrogen and oxygen atoms in total. The number of likely N-dealkylation sites (tertiary alicyclic amines) is 1. The summed E-state index contributed by atoms with van der Waals surface area (Å²) in [5.74, 6) is 0.532. The van der Waals surface area contributed by atoms with Gasteiger partial charge in [0.2, 0.25) is 5.91 Å². The number of nitrogens with zero attached hydrogens (tertiary/aromatic N) is 4. The van der Waals surface area contributed by atoms with Gasteiger partial charge in [-0.1, -0.05) is 6.92 Å². The first kappa shape index (κ1) is 20.3. The zero-order valence-electron chi connectivity index (χ0n) is 17.3. The minimum atomic E-state index is -0.208. The van der Waals surface area contributed by atoms with E-state index in [0.717, 1.165) is 25.7 Å². The minimum absolute atomic E-state index is 0.107. The lowest BCUT2D eigenvalue weighted by atomic mass is 9.99. The summed E-state index contributed by atoms with van der Waals surface area (Å²) in [7, 11) is 0. The maximum absolute atomic E-state index is 12.8. The van der Waals surface area contributed by atoms with Gasteiger partial charge in [0.15, 0.2) is 0 Å². The monoisotopic (exact) mass is 409 g/mol. The molecule has 0 radical (unpaired) electrons. The average molecular weight is 409 g/mol. The number of aromatic amines is 1. The van der Waals surface area contributed by atoms with Crippen LogP contribution in [0.4, 0.5) is 0 Å². The van der Waals surface area contributed by atoms with Crippen molar-refractivity contribution >= 4 is 11.8 Å². The van der Waals surface area contributed by atoms with Crippen LogP contribution in [0.25, 0.3) is 0 Å². The molecule has 2 aromatic heterocycles. The molecule has 8 heteroatoms. The lowest BCUT2D eigenvalue weighted by Crippen LogP contribution is -2.42. The lowest BCUT2D eigenvalue weighted by molar-refractivity contribution is -0.135. The molecule has 0 aliphatic carbocycles. The van der Waals surface area contributed by atoms with Crippen LogP contribution in [0, 0.1) is 0 Å². The van der Waals surface area contributed by atoms with Crippen LogP contribution in [-0.2, 0) is 17.8 Å². The summed E-state index contributed by atoms with van der Waals surface area (Å²) in [6.45, 7) is 3.44. The van der Waals surface area contributed by atoms with Gasteiger partial charge in [-0.3, -0.25) is 19.4 Å². The van der Waals surface area contributed by atoms with E-state index < -0.39 is 0 Å². The Bertz CT molecular complexity index is 988. The molecular weight excluding hydrogens is 382 g/mol. The third-order valence-electron chi connectivity index (χ3n) is 5.89. The summed E-state index contributed by atoms with van der Waals surface area (Å²) in [6, 6.07) is 3.26. The van der Waals surface area contributed by atoms with E-state index in [-0.39, 0.29) is 30.0 Å². The highest BCUT2D eigenvalue weighted by Gasteiger charge is 2.31. The summed E-state index contributed by atoms with van der Waals surface area (Å²) in [5.41, 5.74) is 1.63. The molecule has 4 rings (SSSR count). The average Bonchev–Trinajstić information content (AvgIpc) is 2.79. The Morgan fingerprint density at radius 3 is 2.90 bits per heavy atom. The Morgan fingerprint density at radius 1 is 1.27 bits per heavy atom. The van der Waals surface area contributed by atoms with Gasteiger partial charge in [-0.15, -0.1) is 0 Å². The second-order valence-corrected chi connectivity index (χ2v) is 7.94. The molecule has 2 aliphatic heterocycles. The van der Waals surface area contributed by atoms with Gasteiger partial charge in [-0.2, -0.15) is 0 Å². The summed E-state index contributed by atoms with van der Waals surface area (Å²) in [6.07, 6.45) is 7.68. The van der Waals surface area contributed by atoms with Crippen LogP contribution in [-0.4, -0.2) is 49.7 Å². The van der Waals surface area contributed by atoms with Crippen LogP contribution in [0.2, 0.25) is 0 Å². The number of hydrogen-bond donors (Lipinski definition) is 1. The van der Waals surface area contributed by atoms with Gasteiger partial charge in [0, 0.05) is 37.5 Å². The predicted octanol–water partition coefficient (Wildman–Crippen LogP) is 2.22. The molecule has 2 aliphatic rings. The van der Waals surface area contributed by atoms with Gasteiger partial charge in [0.05, 0.1) is 23.8 Å². The number of fused-ring (bicyclic) bond motifs is 1. The maximum Gasteiger partial charge on any atom is 0.255 e. The molecule has 1 atom stereocenters. The quantitative estimate of drug-likeness (QED) is 0.835. The van der Waals surface area contributed by atoms with Gasteiger partial charge in [-0.25, -0.2) is 4.98 Å². The van der Waals surface area contributed by atoms with Crippen molar-refractivity contribution in [3.63, 3.8) is 0 Å². The number of piperidine rings is 1. The number of rotatable bonds is 4. The maximum atomic E-state index is 12.8. The van der Waals surface area contributed by atoms with Gasteiger partial charge < -0.3 is 14.8 Å². The topological polar surface area (TPSA) is 99.3 Å². The third kappa shape index (κ3) is 3.99. The Labute approximate surface area is 175 Å². The van der Waals surface area contributed by atoms with E-state index in [2.05, 4.69) is 9.97 Å². The van der Waals surface area contributed by atoms with Crippen LogP contribution >= 0.6 is 0 Å². The fraction of sp³-hybridized carbons (Fsp3) is 0.500. The number of amides is 2. The highest BCUT2D eigenvalue weighted by atomic mass is 16.2. The molecule has 1 N–H and O–H groups in total. The second-order valence-electron chi connectivity index (χ2n) is 7.94. The Morgan fingerprint density at radius 2 is 2.13 bits per heavy atom. The van der Waals surface area contributed by atoms with Crippen molar-refractivity contribution in [3.8, 4) is 0 Å². The number of pyridine rings is 1. The van der Waals surface area contributed by atoms with Crippen LogP contribution in [0.15, 0.2) is 29.3 Å². The van der Waals surface area contributed by atoms with Crippen LogP contribution in [0.1, 0.15) is 72.5 Å². The number of carbonyl (C=O) groups excluding carboxylic acids is 2. The SMILES string of the molecule is CCCC(=O)N1CCCC[C@H]1c1nc2c(c(=O)[nH]1)CCN(C(=O)c1cccnc1)C2. The molecule has 0 spiro atoms. The predicted molar refractivity (Wildman–Crippen MR) is 111 cm³/mol. The fourth-order valence-corrected chi connectivity index (χ4v) is 4.33. The molecule has 4 heterocycles. The Hall–Kier alpha value is -3.03. The number of H-pyrrole nitrogens is 1. The van der Waals surface area contributed by atoms with Crippen molar-refractivity contribution in [3.05, 3.63) is 57.5 Å². The zero-order chi connectivity index (χ0) is 21.1. The largest absolute Gasteiger partial charge is 0.333 e. The summed E-state index contributed by atoms with van der Waals surface area (Å²) >= 11 is 0. The van der Waals surface area contributed by atoms with Crippen molar-refractivity contribution < 1.29 is 9.59 Å². The number of aromatic nitrogens is 3. The third-order valence-corrected chi connectivity index (χ3v) is 5.89. The molecule has 1 saturated heterocycles. The molecule has 2 amide bonds. The molecule has 30 heavy (non-hydrogen) atoms. The number of hydrogen-bond acceptors (Lipinski definition) is 5. The summed E-state index contributed by atoms with van der Waals surface area (Å²) in [4.78, 5) is 53.5. The van der Waals surface area contributed by atoms with Crippen molar-refractivity contribution in [2.45, 2.75) is 58.0 Å². The molecule has 0 saturated carbocycles. The molecule has 0 unspecified atom stereocenters. The smallest absolute Gasteiger partial charge is 0.255 e. The van der Waals surface area contributed by atoms with E-state index >= 15 is 0 Å². The van der Waals surface area contributed by atoms with Gasteiger partial charge in [0.25, 0.3) is 11.5 Å². The van der Waals surface area contributed by atoms with Gasteiger partial charge in [0.1, 0.15) is 5.82 Å². The minimum Gasteiger partial charge on any atom is -0.333 e. The van der Waals surface area contributed by atoms with E-state index in [9.17, 15) is 14.4 Å². The Balaban J connectivity index is 1.61. The van der Waals surface area contributed by atoms with Crippen molar-refractivity contribution in [2.75, 3.05) is 13.1 Å². The van der Waals surface area contributed by atoms with Gasteiger partial charge >= 0.3 is 0 Å². The first-order valence-electron chi connectivity index (χ1n) is 10.7. The normalized spacial score (nSPS) is 18.8. The molecule has 0 aromatic carbocycles. The zero-order valence-corrected chi connectivity index (χ0v) is 17.3. The standard InChI is InChI=1S/C22H27N5O3/c1-2-6-19(28)27-11-4-3-8-18(27)20-24-17-14-26(12-9-16(17)21(29)25-20)22(30)15-7-5-10-23-13-15/h5,7,10,13,18H,2-4,6,8-9,11-12,14H2,1H3,(H,24,25,29)/t18-/m0/s1. The number of carbonyl (C=O) groups is 2. The van der Waals surface area contributed by atoms with Crippen LogP contribution < -0.4 is 5.56 Å². The molecular formula is C22H27N5O3. The van der Waals surface area contributed by atoms with E-state index in [4.69, 9.17) is 4.98 Å². The van der Waals surface area contributed by atoms with Crippen molar-refractivity contribution in [2.24, 2.45) is 0 Å². The fourth-order valence-electron chi connectivity index (χ4n) is 4.33. The highest BCUT2D eigenvalue weighted by molar-refractivity contribution is 5.94. The lowest BCUT2D eigenvalue weighted by Gasteiger charge is -2.36. The van der Waals surface area contributed by atoms with Gasteiger partial charge in [-0.05, 0) is 44.2 Å². The molecule has 158 valence electrons. The van der Waals surface area contributed by atoms with E-state index in [1.807, 2.05) is 11.8 Å². The molecule has 2 aromatic rings. The Kier molecular flexibility index (Phi) is 5.92. The van der Waals surface area contributed by atoms with Crippen LogP contribution in [0.5, 0.6) is 0 Å². The van der Waals surface area contributed by atoms with E-state index in [1.54, 1.807) is 29.4 Å². The summed E-state index contributed by atoms with van der Waals surface area (Å²) < 4.78 is 0. The summed E-state index contributed by atoms with van der Waals surface area (Å²) in [5, 5.41) is 0. The van der Waals surface area contributed by atoms with E-state index in [1.165, 1.54) is 0 Å². The first-order chi connectivity index (χ1) is 14.6. The van der Waals surface area contributed by atoms with E-state index in [0.29, 0.717) is 48.6 Å². The number of nitrogens with one attached hydrogen (secondary N) is 1. The first-order valence-corrected chi connectivity index (χ1v) is 10.7. The molecule has 0 bridgehead atoms. The second kappa shape index (κ2) is 8.77. The van der Waals surface area contributed by atoms with Crippen LogP contribution in [0.3, 0.4) is 0 Å². The highest BCUT2D eigenvalue weighted by Crippen LogP contribution is 2.30. The van der Waals surface area contributed by atoms with Crippen molar-refractivity contribution in [1.82, 2.24) is 24.8 Å².